The molecule has 0 aliphatic carbocycles. The molecule has 16 heavy (non-hydrogen) atoms. The third kappa shape index (κ3) is 2.63. The lowest BCUT2D eigenvalue weighted by Crippen LogP contribution is -1.98. The summed E-state index contributed by atoms with van der Waals surface area (Å²) in [6, 6.07) is 5.94. The molecule has 0 radical (unpaired) electrons. The van der Waals surface area contributed by atoms with Crippen LogP contribution in [-0.2, 0) is 6.54 Å². The molecular weight excluding hydrogens is 290 g/mol. The number of hydrogen-bond donors (Lipinski definition) is 1. The molecule has 0 bridgehead atoms. The fourth-order valence-electron chi connectivity index (χ4n) is 1.21. The molecular formula is C10H10BrN3OS. The van der Waals surface area contributed by atoms with Crippen LogP contribution in [0.4, 0.5) is 0 Å². The Morgan fingerprint density at radius 1 is 1.44 bits per heavy atom. The first-order valence-electron chi connectivity index (χ1n) is 4.65. The molecule has 1 aromatic heterocycles. The molecule has 0 atom stereocenters. The van der Waals surface area contributed by atoms with Crippen LogP contribution in [0.1, 0.15) is 11.5 Å². The van der Waals surface area contributed by atoms with Crippen LogP contribution in [0.5, 0.6) is 0 Å². The molecule has 0 aliphatic rings. The van der Waals surface area contributed by atoms with E-state index in [0.717, 1.165) is 14.9 Å². The summed E-state index contributed by atoms with van der Waals surface area (Å²) in [5, 5.41) is 8.25. The van der Waals surface area contributed by atoms with Gasteiger partial charge in [0.2, 0.25) is 5.89 Å². The zero-order chi connectivity index (χ0) is 11.5. The van der Waals surface area contributed by atoms with Gasteiger partial charge in [0, 0.05) is 22.8 Å². The minimum absolute atomic E-state index is 0.489. The summed E-state index contributed by atoms with van der Waals surface area (Å²) in [6.07, 6.45) is 0. The number of rotatable bonds is 3. The molecule has 6 heteroatoms. The van der Waals surface area contributed by atoms with E-state index >= 15 is 0 Å². The summed E-state index contributed by atoms with van der Waals surface area (Å²) in [4.78, 5) is 1.03. The standard InChI is InChI=1S/C10H10BrN3OS/c1-6-13-14-10(15-6)16-9-4-8(11)3-2-7(9)5-12/h2-4H,5,12H2,1H3. The summed E-state index contributed by atoms with van der Waals surface area (Å²) in [7, 11) is 0. The number of nitrogens with two attached hydrogens (primary N) is 1. The maximum atomic E-state index is 5.66. The topological polar surface area (TPSA) is 64.9 Å². The molecule has 2 rings (SSSR count). The van der Waals surface area contributed by atoms with Gasteiger partial charge in [0.05, 0.1) is 0 Å². The van der Waals surface area contributed by atoms with Crippen LogP contribution in [0.15, 0.2) is 37.2 Å². The largest absolute Gasteiger partial charge is 0.416 e. The second kappa shape index (κ2) is 4.99. The van der Waals surface area contributed by atoms with Crippen LogP contribution in [0, 0.1) is 6.92 Å². The number of benzene rings is 1. The van der Waals surface area contributed by atoms with Crippen LogP contribution >= 0.6 is 27.7 Å². The molecule has 84 valence electrons. The Balaban J connectivity index is 2.29. The fourth-order valence-corrected chi connectivity index (χ4v) is 2.62. The van der Waals surface area contributed by atoms with Gasteiger partial charge in [0.15, 0.2) is 0 Å². The predicted octanol–water partition coefficient (Wildman–Crippen LogP) is 2.75. The molecule has 0 unspecified atom stereocenters. The zero-order valence-corrected chi connectivity index (χ0v) is 11.0. The van der Waals surface area contributed by atoms with Crippen molar-refractivity contribution in [3.63, 3.8) is 0 Å². The molecule has 2 aromatic rings. The smallest absolute Gasteiger partial charge is 0.281 e. The van der Waals surface area contributed by atoms with Crippen molar-refractivity contribution in [1.82, 2.24) is 10.2 Å². The lowest BCUT2D eigenvalue weighted by atomic mass is 10.2. The van der Waals surface area contributed by atoms with Crippen molar-refractivity contribution in [1.29, 1.82) is 0 Å². The van der Waals surface area contributed by atoms with Crippen molar-refractivity contribution in [2.75, 3.05) is 0 Å². The van der Waals surface area contributed by atoms with E-state index in [1.165, 1.54) is 11.8 Å². The Morgan fingerprint density at radius 2 is 2.25 bits per heavy atom. The lowest BCUT2D eigenvalue weighted by Gasteiger charge is -2.04. The highest BCUT2D eigenvalue weighted by atomic mass is 79.9. The molecule has 0 spiro atoms. The van der Waals surface area contributed by atoms with Crippen molar-refractivity contribution in [3.05, 3.63) is 34.1 Å². The summed E-state index contributed by atoms with van der Waals surface area (Å²) >= 11 is 4.85. The van der Waals surface area contributed by atoms with E-state index in [9.17, 15) is 0 Å². The molecule has 0 aliphatic heterocycles. The third-order valence-corrected chi connectivity index (χ3v) is 3.39. The van der Waals surface area contributed by atoms with Crippen molar-refractivity contribution >= 4 is 27.7 Å². The van der Waals surface area contributed by atoms with Crippen LogP contribution in [-0.4, -0.2) is 10.2 Å². The van der Waals surface area contributed by atoms with Crippen LogP contribution in [0.25, 0.3) is 0 Å². The van der Waals surface area contributed by atoms with Crippen molar-refractivity contribution < 1.29 is 4.42 Å². The van der Waals surface area contributed by atoms with E-state index in [0.29, 0.717) is 17.7 Å². The molecule has 2 N–H and O–H groups in total. The molecule has 0 amide bonds. The Morgan fingerprint density at radius 3 is 2.88 bits per heavy atom. The third-order valence-electron chi connectivity index (χ3n) is 1.95. The SMILES string of the molecule is Cc1nnc(Sc2cc(Br)ccc2CN)o1. The second-order valence-electron chi connectivity index (χ2n) is 3.15. The fraction of sp³-hybridized carbons (Fsp3) is 0.200. The minimum Gasteiger partial charge on any atom is -0.416 e. The van der Waals surface area contributed by atoms with Crippen LogP contribution in [0.2, 0.25) is 0 Å². The first kappa shape index (κ1) is 11.6. The van der Waals surface area contributed by atoms with Gasteiger partial charge in [-0.1, -0.05) is 22.0 Å². The minimum atomic E-state index is 0.489. The van der Waals surface area contributed by atoms with Gasteiger partial charge in [-0.2, -0.15) is 0 Å². The van der Waals surface area contributed by atoms with E-state index in [4.69, 9.17) is 10.2 Å². The van der Waals surface area contributed by atoms with Crippen molar-refractivity contribution in [2.45, 2.75) is 23.6 Å². The van der Waals surface area contributed by atoms with Gasteiger partial charge in [0.1, 0.15) is 0 Å². The van der Waals surface area contributed by atoms with Gasteiger partial charge in [-0.05, 0) is 29.5 Å². The summed E-state index contributed by atoms with van der Waals surface area (Å²) in [6.45, 7) is 2.25. The number of aryl methyl sites for hydroxylation is 1. The molecule has 1 heterocycles. The number of hydrogen-bond acceptors (Lipinski definition) is 5. The van der Waals surface area contributed by atoms with Crippen molar-refractivity contribution in [3.8, 4) is 0 Å². The number of nitrogens with zero attached hydrogens (tertiary/aromatic N) is 2. The molecule has 1 aromatic carbocycles. The molecule has 0 saturated heterocycles. The zero-order valence-electron chi connectivity index (χ0n) is 8.61. The van der Waals surface area contributed by atoms with Gasteiger partial charge in [-0.15, -0.1) is 10.2 Å². The average Bonchev–Trinajstić information content (AvgIpc) is 2.64. The maximum absolute atomic E-state index is 5.66. The van der Waals surface area contributed by atoms with Gasteiger partial charge < -0.3 is 10.2 Å². The first-order valence-corrected chi connectivity index (χ1v) is 6.26. The van der Waals surface area contributed by atoms with E-state index in [-0.39, 0.29) is 0 Å². The normalized spacial score (nSPS) is 10.7. The Hall–Kier alpha value is -0.850. The van der Waals surface area contributed by atoms with Gasteiger partial charge in [-0.25, -0.2) is 0 Å². The highest BCUT2D eigenvalue weighted by Gasteiger charge is 2.09. The monoisotopic (exact) mass is 299 g/mol. The predicted molar refractivity (Wildman–Crippen MR) is 65.2 cm³/mol. The van der Waals surface area contributed by atoms with Gasteiger partial charge >= 0.3 is 0 Å². The van der Waals surface area contributed by atoms with Crippen molar-refractivity contribution in [2.24, 2.45) is 5.73 Å². The lowest BCUT2D eigenvalue weighted by molar-refractivity contribution is 0.429. The first-order chi connectivity index (χ1) is 7.69. The van der Waals surface area contributed by atoms with Crippen LogP contribution in [0.3, 0.4) is 0 Å². The second-order valence-corrected chi connectivity index (χ2v) is 5.05. The highest BCUT2D eigenvalue weighted by molar-refractivity contribution is 9.10. The molecule has 4 nitrogen and oxygen atoms in total. The Bertz CT molecular complexity index is 501. The number of halogens is 1. The quantitative estimate of drug-likeness (QED) is 0.944. The molecule has 0 saturated carbocycles. The maximum Gasteiger partial charge on any atom is 0.281 e. The summed E-state index contributed by atoms with van der Waals surface area (Å²) in [5.74, 6) is 0.562. The number of aromatic nitrogens is 2. The molecule has 0 fully saturated rings. The van der Waals surface area contributed by atoms with Gasteiger partial charge in [0.25, 0.3) is 5.22 Å². The van der Waals surface area contributed by atoms with Crippen LogP contribution < -0.4 is 5.73 Å². The average molecular weight is 300 g/mol. The highest BCUT2D eigenvalue weighted by Crippen LogP contribution is 2.31. The van der Waals surface area contributed by atoms with E-state index < -0.39 is 0 Å². The summed E-state index contributed by atoms with van der Waals surface area (Å²) < 4.78 is 6.31. The van der Waals surface area contributed by atoms with E-state index in [2.05, 4.69) is 26.1 Å². The van der Waals surface area contributed by atoms with E-state index in [1.54, 1.807) is 6.92 Å². The van der Waals surface area contributed by atoms with Gasteiger partial charge in [-0.3, -0.25) is 0 Å². The Kier molecular flexibility index (Phi) is 3.63. The van der Waals surface area contributed by atoms with E-state index in [1.807, 2.05) is 18.2 Å². The Labute approximate surface area is 106 Å². The summed E-state index contributed by atoms with van der Waals surface area (Å²) in [5.41, 5.74) is 6.72.